The van der Waals surface area contributed by atoms with Crippen molar-refractivity contribution in [2.75, 3.05) is 38.5 Å². The number of hydrogen-bond donors (Lipinski definition) is 1. The summed E-state index contributed by atoms with van der Waals surface area (Å²) in [4.78, 5) is 17.5. The summed E-state index contributed by atoms with van der Waals surface area (Å²) in [6, 6.07) is 21.4. The van der Waals surface area contributed by atoms with Crippen molar-refractivity contribution in [3.63, 3.8) is 0 Å². The van der Waals surface area contributed by atoms with Gasteiger partial charge in [-0.15, -0.1) is 0 Å². The molecule has 2 aromatic carbocycles. The summed E-state index contributed by atoms with van der Waals surface area (Å²) >= 11 is 1.35. The number of aryl methyl sites for hydroxylation is 1. The van der Waals surface area contributed by atoms with Gasteiger partial charge in [-0.2, -0.15) is 4.37 Å². The number of nitrogens with zero attached hydrogens (tertiary/aromatic N) is 3. The summed E-state index contributed by atoms with van der Waals surface area (Å²) in [5, 5.41) is 3.95. The molecule has 3 aromatic rings. The van der Waals surface area contributed by atoms with E-state index in [1.165, 1.54) is 22.7 Å². The van der Waals surface area contributed by atoms with Gasteiger partial charge < -0.3 is 10.2 Å². The lowest BCUT2D eigenvalue weighted by atomic mass is 9.96. The first kappa shape index (κ1) is 19.6. The second-order valence-electron chi connectivity index (χ2n) is 7.27. The minimum absolute atomic E-state index is 0.0798. The molecule has 0 spiro atoms. The summed E-state index contributed by atoms with van der Waals surface area (Å²) in [5.74, 6) is 0.0798. The van der Waals surface area contributed by atoms with Crippen molar-refractivity contribution in [2.24, 2.45) is 0 Å². The molecular formula is C23H26N4OS. The highest BCUT2D eigenvalue weighted by Gasteiger charge is 2.30. The second-order valence-corrected chi connectivity index (χ2v) is 8.05. The Labute approximate surface area is 176 Å². The van der Waals surface area contributed by atoms with E-state index in [1.807, 2.05) is 18.9 Å². The second kappa shape index (κ2) is 8.76. The van der Waals surface area contributed by atoms with Crippen LogP contribution in [0.4, 0.5) is 5.00 Å². The monoisotopic (exact) mass is 406 g/mol. The summed E-state index contributed by atoms with van der Waals surface area (Å²) in [6.07, 6.45) is 0. The Morgan fingerprint density at radius 2 is 1.52 bits per heavy atom. The average molecular weight is 407 g/mol. The van der Waals surface area contributed by atoms with Crippen LogP contribution in [0.3, 0.4) is 0 Å². The molecule has 1 saturated heterocycles. The zero-order chi connectivity index (χ0) is 20.2. The summed E-state index contributed by atoms with van der Waals surface area (Å²) in [6.45, 7) is 5.01. The van der Waals surface area contributed by atoms with E-state index in [1.54, 1.807) is 0 Å². The standard InChI is InChI=1S/C23H26N4OS/c1-17-20(22(24-2)29-25-17)23(28)27-15-13-26(14-16-27)21(18-9-5-3-6-10-18)19-11-7-4-8-12-19/h3-12,21,24H,13-16H2,1-2H3. The van der Waals surface area contributed by atoms with Crippen LogP contribution in [0.2, 0.25) is 0 Å². The molecule has 1 aliphatic rings. The first-order valence-corrected chi connectivity index (χ1v) is 10.7. The first-order valence-electron chi connectivity index (χ1n) is 9.96. The number of carbonyl (C=O) groups is 1. The van der Waals surface area contributed by atoms with Crippen LogP contribution in [-0.4, -0.2) is 53.3 Å². The number of aromatic nitrogens is 1. The van der Waals surface area contributed by atoms with E-state index in [9.17, 15) is 4.79 Å². The molecule has 0 radical (unpaired) electrons. The van der Waals surface area contributed by atoms with Gasteiger partial charge >= 0.3 is 0 Å². The molecule has 1 N–H and O–H groups in total. The first-order chi connectivity index (χ1) is 14.2. The highest BCUT2D eigenvalue weighted by atomic mass is 32.1. The van der Waals surface area contributed by atoms with Gasteiger partial charge in [-0.25, -0.2) is 0 Å². The fraction of sp³-hybridized carbons (Fsp3) is 0.304. The Balaban J connectivity index is 1.53. The van der Waals surface area contributed by atoms with Crippen LogP contribution >= 0.6 is 11.5 Å². The number of carbonyl (C=O) groups excluding carboxylic acids is 1. The molecule has 1 amide bonds. The molecule has 4 rings (SSSR count). The molecule has 1 aromatic heterocycles. The maximum absolute atomic E-state index is 13.1. The number of anilines is 1. The zero-order valence-corrected chi connectivity index (χ0v) is 17.7. The molecule has 0 aliphatic carbocycles. The average Bonchev–Trinajstić information content (AvgIpc) is 3.16. The molecule has 2 heterocycles. The Kier molecular flexibility index (Phi) is 5.92. The van der Waals surface area contributed by atoms with Crippen molar-refractivity contribution in [3.8, 4) is 0 Å². The van der Waals surface area contributed by atoms with E-state index in [0.717, 1.165) is 23.8 Å². The van der Waals surface area contributed by atoms with E-state index in [4.69, 9.17) is 0 Å². The molecule has 1 fully saturated rings. The Morgan fingerprint density at radius 3 is 2.03 bits per heavy atom. The highest BCUT2D eigenvalue weighted by Crippen LogP contribution is 2.30. The Morgan fingerprint density at radius 1 is 0.966 bits per heavy atom. The van der Waals surface area contributed by atoms with Gasteiger partial charge in [0.2, 0.25) is 0 Å². The smallest absolute Gasteiger partial charge is 0.258 e. The summed E-state index contributed by atoms with van der Waals surface area (Å²) in [7, 11) is 1.84. The Bertz CT molecular complexity index is 910. The van der Waals surface area contributed by atoms with Crippen LogP contribution in [0.5, 0.6) is 0 Å². The molecule has 0 saturated carbocycles. The largest absolute Gasteiger partial charge is 0.378 e. The predicted octanol–water partition coefficient (Wildman–Crippen LogP) is 4.04. The van der Waals surface area contributed by atoms with E-state index >= 15 is 0 Å². The van der Waals surface area contributed by atoms with Gasteiger partial charge in [0.1, 0.15) is 5.00 Å². The quantitative estimate of drug-likeness (QED) is 0.695. The van der Waals surface area contributed by atoms with Crippen LogP contribution in [0.15, 0.2) is 60.7 Å². The molecule has 0 unspecified atom stereocenters. The molecule has 5 nitrogen and oxygen atoms in total. The SMILES string of the molecule is CNc1snc(C)c1C(=O)N1CCN(C(c2ccccc2)c2ccccc2)CC1. The predicted molar refractivity (Wildman–Crippen MR) is 119 cm³/mol. The number of amides is 1. The third-order valence-electron chi connectivity index (χ3n) is 5.50. The molecule has 0 bridgehead atoms. The molecule has 150 valence electrons. The van der Waals surface area contributed by atoms with Crippen molar-refractivity contribution < 1.29 is 4.79 Å². The van der Waals surface area contributed by atoms with Crippen molar-refractivity contribution in [1.29, 1.82) is 0 Å². The number of piperazine rings is 1. The zero-order valence-electron chi connectivity index (χ0n) is 16.8. The molecule has 29 heavy (non-hydrogen) atoms. The normalized spacial score (nSPS) is 14.9. The van der Waals surface area contributed by atoms with Crippen molar-refractivity contribution >= 4 is 22.4 Å². The number of hydrogen-bond acceptors (Lipinski definition) is 5. The maximum Gasteiger partial charge on any atom is 0.258 e. The van der Waals surface area contributed by atoms with E-state index in [2.05, 4.69) is 75.3 Å². The van der Waals surface area contributed by atoms with Gasteiger partial charge in [-0.1, -0.05) is 60.7 Å². The third kappa shape index (κ3) is 4.04. The van der Waals surface area contributed by atoms with E-state index in [-0.39, 0.29) is 11.9 Å². The van der Waals surface area contributed by atoms with Crippen LogP contribution in [-0.2, 0) is 0 Å². The minimum Gasteiger partial charge on any atom is -0.378 e. The fourth-order valence-corrected chi connectivity index (χ4v) is 4.76. The molecule has 0 atom stereocenters. The number of nitrogens with one attached hydrogen (secondary N) is 1. The maximum atomic E-state index is 13.1. The summed E-state index contributed by atoms with van der Waals surface area (Å²) in [5.41, 5.74) is 4.09. The van der Waals surface area contributed by atoms with E-state index < -0.39 is 0 Å². The van der Waals surface area contributed by atoms with Gasteiger partial charge in [0.05, 0.1) is 17.3 Å². The lowest BCUT2D eigenvalue weighted by Gasteiger charge is -2.39. The van der Waals surface area contributed by atoms with E-state index in [0.29, 0.717) is 18.7 Å². The van der Waals surface area contributed by atoms with Gasteiger partial charge in [0, 0.05) is 33.2 Å². The number of rotatable bonds is 5. The lowest BCUT2D eigenvalue weighted by molar-refractivity contribution is 0.0598. The molecular weight excluding hydrogens is 380 g/mol. The molecule has 6 heteroatoms. The lowest BCUT2D eigenvalue weighted by Crippen LogP contribution is -2.50. The third-order valence-corrected chi connectivity index (χ3v) is 6.46. The highest BCUT2D eigenvalue weighted by molar-refractivity contribution is 7.10. The summed E-state index contributed by atoms with van der Waals surface area (Å²) < 4.78 is 4.35. The van der Waals surface area contributed by atoms with Crippen molar-refractivity contribution in [1.82, 2.24) is 14.2 Å². The van der Waals surface area contributed by atoms with Crippen LogP contribution < -0.4 is 5.32 Å². The van der Waals surface area contributed by atoms with Crippen molar-refractivity contribution in [2.45, 2.75) is 13.0 Å². The van der Waals surface area contributed by atoms with Crippen LogP contribution in [0.25, 0.3) is 0 Å². The van der Waals surface area contributed by atoms with Gasteiger partial charge in [0.15, 0.2) is 0 Å². The van der Waals surface area contributed by atoms with Gasteiger partial charge in [-0.05, 0) is 29.6 Å². The topological polar surface area (TPSA) is 48.5 Å². The number of benzene rings is 2. The fourth-order valence-electron chi connectivity index (χ4n) is 4.02. The van der Waals surface area contributed by atoms with Crippen LogP contribution in [0.1, 0.15) is 33.2 Å². The minimum atomic E-state index is 0.0798. The van der Waals surface area contributed by atoms with Crippen molar-refractivity contribution in [3.05, 3.63) is 83.0 Å². The molecule has 1 aliphatic heterocycles. The van der Waals surface area contributed by atoms with Gasteiger partial charge in [-0.3, -0.25) is 9.69 Å². The van der Waals surface area contributed by atoms with Crippen LogP contribution in [0, 0.1) is 6.92 Å². The Hall–Kier alpha value is -2.70. The van der Waals surface area contributed by atoms with Gasteiger partial charge in [0.25, 0.3) is 5.91 Å².